The summed E-state index contributed by atoms with van der Waals surface area (Å²) in [6, 6.07) is 0. The Morgan fingerprint density at radius 1 is 1.13 bits per heavy atom. The zero-order valence-electron chi connectivity index (χ0n) is 19.4. The van der Waals surface area contributed by atoms with Gasteiger partial charge < -0.3 is 18.9 Å². The number of esters is 3. The Bertz CT molecular complexity index is 811. The van der Waals surface area contributed by atoms with Gasteiger partial charge in [-0.25, -0.2) is 4.79 Å². The van der Waals surface area contributed by atoms with Crippen molar-refractivity contribution in [2.75, 3.05) is 0 Å². The van der Waals surface area contributed by atoms with E-state index >= 15 is 0 Å². The third-order valence-corrected chi connectivity index (χ3v) is 6.71. The van der Waals surface area contributed by atoms with Crippen LogP contribution in [0.4, 0.5) is 0 Å². The highest BCUT2D eigenvalue weighted by Crippen LogP contribution is 2.43. The molecule has 0 saturated carbocycles. The molecule has 0 unspecified atom stereocenters. The van der Waals surface area contributed by atoms with Crippen LogP contribution in [-0.4, -0.2) is 47.9 Å². The highest BCUT2D eigenvalue weighted by molar-refractivity contribution is 5.92. The van der Waals surface area contributed by atoms with Gasteiger partial charge in [-0.05, 0) is 52.4 Å². The lowest BCUT2D eigenvalue weighted by atomic mass is 9.83. The van der Waals surface area contributed by atoms with Gasteiger partial charge in [0.1, 0.15) is 11.7 Å². The number of hydrogen-bond acceptors (Lipinski definition) is 7. The van der Waals surface area contributed by atoms with Gasteiger partial charge in [-0.15, -0.1) is 0 Å². The fourth-order valence-electron chi connectivity index (χ4n) is 5.00. The highest BCUT2D eigenvalue weighted by atomic mass is 16.6. The van der Waals surface area contributed by atoms with Crippen LogP contribution in [0.1, 0.15) is 73.6 Å². The fraction of sp³-hybridized carbons (Fsp3) is 0.708. The smallest absolute Gasteiger partial charge is 0.334 e. The highest BCUT2D eigenvalue weighted by Gasteiger charge is 2.53. The van der Waals surface area contributed by atoms with Gasteiger partial charge in [0, 0.05) is 31.4 Å². The average molecular weight is 435 g/mol. The molecular formula is C24H34O7. The lowest BCUT2D eigenvalue weighted by Crippen LogP contribution is -2.52. The van der Waals surface area contributed by atoms with E-state index in [-0.39, 0.29) is 6.10 Å². The third kappa shape index (κ3) is 5.03. The molecule has 1 saturated heterocycles. The van der Waals surface area contributed by atoms with E-state index in [1.54, 1.807) is 6.92 Å². The lowest BCUT2D eigenvalue weighted by molar-refractivity contribution is -0.192. The molecule has 7 nitrogen and oxygen atoms in total. The molecule has 0 aromatic carbocycles. The second kappa shape index (κ2) is 9.15. The van der Waals surface area contributed by atoms with Crippen LogP contribution in [0.5, 0.6) is 0 Å². The number of ether oxygens (including phenoxy) is 4. The van der Waals surface area contributed by atoms with Crippen molar-refractivity contribution < 1.29 is 33.3 Å². The largest absolute Gasteiger partial charge is 0.455 e. The molecule has 1 fully saturated rings. The van der Waals surface area contributed by atoms with Gasteiger partial charge in [-0.1, -0.05) is 18.6 Å². The maximum Gasteiger partial charge on any atom is 0.334 e. The SMILES string of the molecule is CC(=O)O[C@@H]1[C@@H](OC(C)=O)C2=C(C)C(=O)O[C@H]2C/C(C)=C/CC[C@H](C)[C@H]2CC[C@@]1(C)O2. The molecule has 3 aliphatic heterocycles. The Kier molecular flexibility index (Phi) is 6.94. The van der Waals surface area contributed by atoms with Gasteiger partial charge in [0.25, 0.3) is 0 Å². The molecule has 0 aliphatic carbocycles. The third-order valence-electron chi connectivity index (χ3n) is 6.71. The Labute approximate surface area is 184 Å². The van der Waals surface area contributed by atoms with Gasteiger partial charge in [0.15, 0.2) is 12.2 Å². The van der Waals surface area contributed by atoms with Crippen LogP contribution in [0.3, 0.4) is 0 Å². The molecule has 3 rings (SSSR count). The van der Waals surface area contributed by atoms with Crippen molar-refractivity contribution in [2.24, 2.45) is 5.92 Å². The Balaban J connectivity index is 2.14. The molecule has 0 aromatic heterocycles. The standard InChI is InChI=1S/C24H34O7/c1-13-8-7-9-14(2)18-10-11-24(6,31-18)22(29-17(5)26)21(28-16(4)25)20-15(3)23(27)30-19(20)12-13/h8,14,18-19,21-22H,7,9-12H2,1-6H3/b13-8+/t14-,18+,19-,21-,22+,24+/m0/s1. The Morgan fingerprint density at radius 3 is 2.45 bits per heavy atom. The van der Waals surface area contributed by atoms with Gasteiger partial charge in [0.2, 0.25) is 0 Å². The average Bonchev–Trinajstić information content (AvgIpc) is 3.18. The van der Waals surface area contributed by atoms with E-state index in [0.29, 0.717) is 29.9 Å². The second-order valence-corrected chi connectivity index (χ2v) is 9.35. The van der Waals surface area contributed by atoms with E-state index in [4.69, 9.17) is 18.9 Å². The van der Waals surface area contributed by atoms with Crippen LogP contribution in [0.25, 0.3) is 0 Å². The maximum atomic E-state index is 12.5. The summed E-state index contributed by atoms with van der Waals surface area (Å²) in [5.41, 5.74) is 1.19. The summed E-state index contributed by atoms with van der Waals surface area (Å²) in [7, 11) is 0. The molecule has 6 atom stereocenters. The molecular weight excluding hydrogens is 400 g/mol. The number of allylic oxidation sites excluding steroid dienone is 1. The van der Waals surface area contributed by atoms with E-state index in [9.17, 15) is 14.4 Å². The number of hydrogen-bond donors (Lipinski definition) is 0. The van der Waals surface area contributed by atoms with E-state index in [2.05, 4.69) is 13.0 Å². The van der Waals surface area contributed by atoms with Crippen molar-refractivity contribution in [2.45, 2.75) is 104 Å². The molecule has 0 N–H and O–H groups in total. The van der Waals surface area contributed by atoms with Gasteiger partial charge >= 0.3 is 17.9 Å². The minimum atomic E-state index is -0.967. The molecule has 0 spiro atoms. The number of rotatable bonds is 2. The molecule has 172 valence electrons. The van der Waals surface area contributed by atoms with Crippen molar-refractivity contribution in [1.82, 2.24) is 0 Å². The Hall–Kier alpha value is -2.15. The first-order valence-electron chi connectivity index (χ1n) is 11.1. The summed E-state index contributed by atoms with van der Waals surface area (Å²) in [4.78, 5) is 36.7. The van der Waals surface area contributed by atoms with E-state index < -0.39 is 41.8 Å². The fourth-order valence-corrected chi connectivity index (χ4v) is 5.00. The molecule has 3 aliphatic rings. The number of fused-ring (bicyclic) bond motifs is 3. The summed E-state index contributed by atoms with van der Waals surface area (Å²) in [6.45, 7) is 10.4. The van der Waals surface area contributed by atoms with Crippen molar-refractivity contribution in [3.05, 3.63) is 22.8 Å². The normalized spacial score (nSPS) is 38.1. The van der Waals surface area contributed by atoms with Crippen LogP contribution < -0.4 is 0 Å². The summed E-state index contributed by atoms with van der Waals surface area (Å²) in [6.07, 6.45) is 3.60. The molecule has 2 bridgehead atoms. The lowest BCUT2D eigenvalue weighted by Gasteiger charge is -2.39. The predicted molar refractivity (Wildman–Crippen MR) is 113 cm³/mol. The van der Waals surface area contributed by atoms with Crippen LogP contribution in [0.2, 0.25) is 0 Å². The zero-order chi connectivity index (χ0) is 22.9. The summed E-state index contributed by atoms with van der Waals surface area (Å²) in [5.74, 6) is -1.13. The van der Waals surface area contributed by atoms with Gasteiger partial charge in [-0.2, -0.15) is 0 Å². The number of carbonyl (C=O) groups excluding carboxylic acids is 3. The van der Waals surface area contributed by atoms with Crippen molar-refractivity contribution in [3.63, 3.8) is 0 Å². The van der Waals surface area contributed by atoms with E-state index in [1.807, 2.05) is 13.8 Å². The minimum absolute atomic E-state index is 0.0165. The molecule has 0 amide bonds. The van der Waals surface area contributed by atoms with Crippen LogP contribution in [0.15, 0.2) is 22.8 Å². The Morgan fingerprint density at radius 2 is 1.81 bits per heavy atom. The molecule has 0 aromatic rings. The van der Waals surface area contributed by atoms with Crippen LogP contribution >= 0.6 is 0 Å². The first-order valence-corrected chi connectivity index (χ1v) is 11.1. The number of carbonyl (C=O) groups is 3. The van der Waals surface area contributed by atoms with Crippen molar-refractivity contribution in [1.29, 1.82) is 0 Å². The second-order valence-electron chi connectivity index (χ2n) is 9.35. The predicted octanol–water partition coefficient (Wildman–Crippen LogP) is 3.80. The molecule has 31 heavy (non-hydrogen) atoms. The molecule has 0 radical (unpaired) electrons. The maximum absolute atomic E-state index is 12.5. The monoisotopic (exact) mass is 434 g/mol. The first kappa shape index (κ1) is 23.5. The van der Waals surface area contributed by atoms with Crippen molar-refractivity contribution in [3.8, 4) is 0 Å². The van der Waals surface area contributed by atoms with Crippen LogP contribution in [0, 0.1) is 5.92 Å². The quantitative estimate of drug-likeness (QED) is 0.371. The van der Waals surface area contributed by atoms with Crippen LogP contribution in [-0.2, 0) is 33.3 Å². The van der Waals surface area contributed by atoms with E-state index in [1.165, 1.54) is 13.8 Å². The van der Waals surface area contributed by atoms with Gasteiger partial charge in [0.05, 0.1) is 6.10 Å². The van der Waals surface area contributed by atoms with Crippen molar-refractivity contribution >= 4 is 17.9 Å². The molecule has 3 heterocycles. The topological polar surface area (TPSA) is 88.1 Å². The first-order chi connectivity index (χ1) is 14.5. The van der Waals surface area contributed by atoms with E-state index in [0.717, 1.165) is 24.8 Å². The summed E-state index contributed by atoms with van der Waals surface area (Å²) in [5, 5.41) is 0. The minimum Gasteiger partial charge on any atom is -0.455 e. The molecule has 7 heteroatoms. The summed E-state index contributed by atoms with van der Waals surface area (Å²) < 4.78 is 23.7. The summed E-state index contributed by atoms with van der Waals surface area (Å²) >= 11 is 0. The van der Waals surface area contributed by atoms with Gasteiger partial charge in [-0.3, -0.25) is 9.59 Å². The zero-order valence-corrected chi connectivity index (χ0v) is 19.4.